The van der Waals surface area contributed by atoms with Crippen molar-refractivity contribution in [3.05, 3.63) is 46.6 Å². The normalized spacial score (nSPS) is 18.7. The Labute approximate surface area is 160 Å². The lowest BCUT2D eigenvalue weighted by molar-refractivity contribution is 0.101. The van der Waals surface area contributed by atoms with Crippen molar-refractivity contribution in [1.29, 1.82) is 0 Å². The van der Waals surface area contributed by atoms with Gasteiger partial charge in [0.05, 0.1) is 6.10 Å². The minimum Gasteiger partial charge on any atom is -0.444 e. The second-order valence-corrected chi connectivity index (χ2v) is 13.6. The highest BCUT2D eigenvalue weighted by Crippen LogP contribution is 2.39. The summed E-state index contributed by atoms with van der Waals surface area (Å²) in [4.78, 5) is 13.9. The molecule has 0 aliphatic carbocycles. The molecule has 4 nitrogen and oxygen atoms in total. The van der Waals surface area contributed by atoms with Crippen molar-refractivity contribution in [3.63, 3.8) is 0 Å². The van der Waals surface area contributed by atoms with Crippen LogP contribution in [-0.2, 0) is 15.8 Å². The molecule has 138 valence electrons. The summed E-state index contributed by atoms with van der Waals surface area (Å²) in [6, 6.07) is 9.70. The summed E-state index contributed by atoms with van der Waals surface area (Å²) < 4.78 is 12.8. The monoisotopic (exact) mass is 425 g/mol. The second-order valence-electron chi connectivity index (χ2n) is 7.90. The van der Waals surface area contributed by atoms with Crippen molar-refractivity contribution in [3.8, 4) is 0 Å². The van der Waals surface area contributed by atoms with Crippen LogP contribution in [0.1, 0.15) is 32.8 Å². The Hall–Kier alpha value is -1.11. The van der Waals surface area contributed by atoms with Crippen LogP contribution in [0.2, 0.25) is 18.1 Å². The first-order valence-corrected chi connectivity index (χ1v) is 12.3. The van der Waals surface area contributed by atoms with E-state index >= 15 is 0 Å². The average Bonchev–Trinajstić information content (AvgIpc) is 2.54. The van der Waals surface area contributed by atoms with Gasteiger partial charge < -0.3 is 9.16 Å². The molecule has 0 spiro atoms. The van der Waals surface area contributed by atoms with Crippen molar-refractivity contribution in [2.24, 2.45) is 0 Å². The van der Waals surface area contributed by atoms with Crippen molar-refractivity contribution in [1.82, 2.24) is 4.90 Å². The number of carbonyl (C=O) groups is 1. The summed E-state index contributed by atoms with van der Waals surface area (Å²) in [5.74, 6) is 0. The van der Waals surface area contributed by atoms with Gasteiger partial charge in [-0.25, -0.2) is 4.79 Å². The number of rotatable bonds is 4. The van der Waals surface area contributed by atoms with Crippen LogP contribution in [0.3, 0.4) is 0 Å². The molecule has 25 heavy (non-hydrogen) atoms. The van der Waals surface area contributed by atoms with Crippen LogP contribution in [0.25, 0.3) is 0 Å². The third-order valence-corrected chi connectivity index (χ3v) is 10.1. The maximum Gasteiger partial charge on any atom is 0.414 e. The predicted molar refractivity (Wildman–Crippen MR) is 107 cm³/mol. The highest BCUT2D eigenvalue weighted by Gasteiger charge is 2.40. The summed E-state index contributed by atoms with van der Waals surface area (Å²) >= 11 is 3.59. The molecule has 1 amide bonds. The number of hydrogen-bond acceptors (Lipinski definition) is 3. The maximum absolute atomic E-state index is 12.3. The minimum absolute atomic E-state index is 0.0130. The summed E-state index contributed by atoms with van der Waals surface area (Å²) in [6.07, 6.45) is 2.25. The van der Waals surface area contributed by atoms with Gasteiger partial charge in [0.25, 0.3) is 0 Å². The lowest BCUT2D eigenvalue weighted by atomic mass is 10.2. The number of amides is 1. The van der Waals surface area contributed by atoms with E-state index in [9.17, 15) is 4.79 Å². The van der Waals surface area contributed by atoms with Crippen LogP contribution in [0.5, 0.6) is 0 Å². The first-order chi connectivity index (χ1) is 11.6. The number of benzene rings is 1. The Morgan fingerprint density at radius 2 is 1.92 bits per heavy atom. The molecule has 6 heteroatoms. The van der Waals surface area contributed by atoms with E-state index in [1.807, 2.05) is 30.3 Å². The van der Waals surface area contributed by atoms with E-state index in [4.69, 9.17) is 9.16 Å². The van der Waals surface area contributed by atoms with Crippen LogP contribution < -0.4 is 0 Å². The summed E-state index contributed by atoms with van der Waals surface area (Å²) in [5.41, 5.74) is 0.982. The zero-order valence-corrected chi connectivity index (χ0v) is 18.3. The molecule has 0 bridgehead atoms. The average molecular weight is 426 g/mol. The zero-order chi connectivity index (χ0) is 18.7. The van der Waals surface area contributed by atoms with E-state index in [0.29, 0.717) is 6.54 Å². The van der Waals surface area contributed by atoms with Crippen LogP contribution in [0, 0.1) is 0 Å². The fourth-order valence-electron chi connectivity index (χ4n) is 2.28. The number of nitrogens with zero attached hydrogens (tertiary/aromatic N) is 1. The molecular formula is C19H28BrNO3Si. The fraction of sp³-hybridized carbons (Fsp3) is 0.526. The van der Waals surface area contributed by atoms with Crippen molar-refractivity contribution in [2.45, 2.75) is 58.0 Å². The number of hydrogen-bond donors (Lipinski definition) is 0. The van der Waals surface area contributed by atoms with Gasteiger partial charge in [-0.3, -0.25) is 4.90 Å². The smallest absolute Gasteiger partial charge is 0.414 e. The van der Waals surface area contributed by atoms with E-state index in [2.05, 4.69) is 49.8 Å². The van der Waals surface area contributed by atoms with Gasteiger partial charge in [-0.1, -0.05) is 67.0 Å². The molecule has 0 saturated carbocycles. The molecular weight excluding hydrogens is 398 g/mol. The highest BCUT2D eigenvalue weighted by molar-refractivity contribution is 9.11. The zero-order valence-electron chi connectivity index (χ0n) is 15.7. The molecule has 0 aromatic heterocycles. The second kappa shape index (κ2) is 8.06. The van der Waals surface area contributed by atoms with Gasteiger partial charge in [0.2, 0.25) is 0 Å². The summed E-state index contributed by atoms with van der Waals surface area (Å²) in [6.45, 7) is 12.1. The number of carbonyl (C=O) groups excluding carboxylic acids is 1. The van der Waals surface area contributed by atoms with Crippen LogP contribution in [0.4, 0.5) is 4.79 Å². The quantitative estimate of drug-likeness (QED) is 0.584. The molecule has 1 aliphatic heterocycles. The minimum atomic E-state index is -1.85. The molecule has 1 heterocycles. The molecule has 1 aromatic rings. The molecule has 0 saturated heterocycles. The van der Waals surface area contributed by atoms with Gasteiger partial charge in [-0.15, -0.1) is 0 Å². The maximum atomic E-state index is 12.3. The van der Waals surface area contributed by atoms with E-state index in [1.165, 1.54) is 0 Å². The van der Waals surface area contributed by atoms with Crippen LogP contribution in [0.15, 0.2) is 41.0 Å². The molecule has 1 aliphatic rings. The molecule has 1 atom stereocenters. The standard InChI is InChI=1S/C19H28BrNO3Si/c1-19(2,3)25(4,5)24-17-11-12-21(13-16(17)20)18(22)23-14-15-9-7-6-8-10-15/h6-10,13,17H,11-12,14H2,1-5H3/t17-/m1/s1. The van der Waals surface area contributed by atoms with Crippen molar-refractivity contribution < 1.29 is 14.0 Å². The Kier molecular flexibility index (Phi) is 6.51. The Balaban J connectivity index is 1.94. The van der Waals surface area contributed by atoms with Crippen molar-refractivity contribution >= 4 is 30.3 Å². The van der Waals surface area contributed by atoms with Crippen LogP contribution in [-0.4, -0.2) is 32.0 Å². The van der Waals surface area contributed by atoms with E-state index in [1.54, 1.807) is 11.1 Å². The lowest BCUT2D eigenvalue weighted by Crippen LogP contribution is -2.46. The third-order valence-electron chi connectivity index (χ3n) is 4.90. The van der Waals surface area contributed by atoms with Gasteiger partial charge >= 0.3 is 6.09 Å². The van der Waals surface area contributed by atoms with Gasteiger partial charge in [0, 0.05) is 17.2 Å². The predicted octanol–water partition coefficient (Wildman–Crippen LogP) is 5.66. The largest absolute Gasteiger partial charge is 0.444 e. The van der Waals surface area contributed by atoms with Crippen LogP contribution >= 0.6 is 15.9 Å². The number of halogens is 1. The Morgan fingerprint density at radius 1 is 1.28 bits per heavy atom. The number of ether oxygens (including phenoxy) is 1. The lowest BCUT2D eigenvalue weighted by Gasteiger charge is -2.40. The molecule has 1 aromatic carbocycles. The van der Waals surface area contributed by atoms with E-state index in [-0.39, 0.29) is 23.8 Å². The summed E-state index contributed by atoms with van der Waals surface area (Å²) in [5, 5.41) is 0.159. The van der Waals surface area contributed by atoms with Gasteiger partial charge in [0.15, 0.2) is 8.32 Å². The fourth-order valence-corrected chi connectivity index (χ4v) is 4.34. The first-order valence-electron chi connectivity index (χ1n) is 8.62. The SMILES string of the molecule is CC(C)(C)[Si](C)(C)O[C@@H]1CCN(C(=O)OCc2ccccc2)C=C1Br. The van der Waals surface area contributed by atoms with Gasteiger partial charge in [0.1, 0.15) is 6.61 Å². The van der Waals surface area contributed by atoms with E-state index < -0.39 is 8.32 Å². The first kappa shape index (κ1) is 20.2. The molecule has 0 unspecified atom stereocenters. The molecule has 2 rings (SSSR count). The molecule has 0 fully saturated rings. The van der Waals surface area contributed by atoms with E-state index in [0.717, 1.165) is 16.5 Å². The Morgan fingerprint density at radius 3 is 2.48 bits per heavy atom. The highest BCUT2D eigenvalue weighted by atomic mass is 79.9. The Bertz CT molecular complexity index is 625. The third kappa shape index (κ3) is 5.43. The summed E-state index contributed by atoms with van der Waals surface area (Å²) in [7, 11) is -1.85. The molecule has 0 radical (unpaired) electrons. The topological polar surface area (TPSA) is 38.8 Å². The van der Waals surface area contributed by atoms with Gasteiger partial charge in [-0.05, 0) is 30.1 Å². The molecule has 0 N–H and O–H groups in total. The van der Waals surface area contributed by atoms with Gasteiger partial charge in [-0.2, -0.15) is 0 Å². The van der Waals surface area contributed by atoms with Crippen molar-refractivity contribution in [2.75, 3.05) is 6.54 Å².